The molecule has 0 aliphatic heterocycles. The first-order chi connectivity index (χ1) is 7.13. The summed E-state index contributed by atoms with van der Waals surface area (Å²) in [7, 11) is 0.730. The summed E-state index contributed by atoms with van der Waals surface area (Å²) in [5, 5.41) is 2.96. The van der Waals surface area contributed by atoms with Gasteiger partial charge in [-0.05, 0) is 15.9 Å². The van der Waals surface area contributed by atoms with Gasteiger partial charge in [-0.2, -0.15) is 4.98 Å². The molecule has 0 saturated heterocycles. The second kappa shape index (κ2) is 6.02. The van der Waals surface area contributed by atoms with Crippen molar-refractivity contribution in [3.05, 3.63) is 10.7 Å². The summed E-state index contributed by atoms with van der Waals surface area (Å²) in [6.07, 6.45) is 3.27. The van der Waals surface area contributed by atoms with Crippen molar-refractivity contribution >= 4 is 32.7 Å². The summed E-state index contributed by atoms with van der Waals surface area (Å²) in [6, 6.07) is 0. The van der Waals surface area contributed by atoms with Crippen molar-refractivity contribution in [2.75, 3.05) is 31.0 Å². The normalized spacial score (nSPS) is 12.2. The van der Waals surface area contributed by atoms with Gasteiger partial charge in [0, 0.05) is 29.4 Å². The molecule has 5 nitrogen and oxygen atoms in total. The van der Waals surface area contributed by atoms with Crippen LogP contribution in [0.1, 0.15) is 0 Å². The summed E-state index contributed by atoms with van der Waals surface area (Å²) in [5.41, 5.74) is 0. The van der Waals surface area contributed by atoms with Crippen LogP contribution in [0.25, 0.3) is 0 Å². The molecule has 0 spiro atoms. The van der Waals surface area contributed by atoms with Crippen molar-refractivity contribution in [2.45, 2.75) is 0 Å². The van der Waals surface area contributed by atoms with Gasteiger partial charge in [0.1, 0.15) is 0 Å². The molecular weight excluding hydrogens is 282 g/mol. The fourth-order valence-electron chi connectivity index (χ4n) is 0.886. The van der Waals surface area contributed by atoms with Crippen LogP contribution in [-0.2, 0) is 10.8 Å². The molecule has 1 aromatic heterocycles. The maximum absolute atomic E-state index is 10.8. The van der Waals surface area contributed by atoms with Gasteiger partial charge < -0.3 is 10.1 Å². The van der Waals surface area contributed by atoms with Crippen molar-refractivity contribution in [3.63, 3.8) is 0 Å². The second-order valence-corrected chi connectivity index (χ2v) is 5.16. The highest BCUT2D eigenvalue weighted by molar-refractivity contribution is 9.10. The molecule has 0 aliphatic carbocycles. The van der Waals surface area contributed by atoms with E-state index >= 15 is 0 Å². The lowest BCUT2D eigenvalue weighted by Gasteiger charge is -2.06. The van der Waals surface area contributed by atoms with Crippen LogP contribution in [0.4, 0.5) is 5.95 Å². The lowest BCUT2D eigenvalue weighted by atomic mass is 10.6. The number of nitrogens with zero attached hydrogens (tertiary/aromatic N) is 2. The predicted octanol–water partition coefficient (Wildman–Crippen LogP) is 1.04. The third kappa shape index (κ3) is 4.13. The molecule has 0 radical (unpaired) electrons. The van der Waals surface area contributed by atoms with Crippen LogP contribution < -0.4 is 10.1 Å². The largest absolute Gasteiger partial charge is 0.480 e. The summed E-state index contributed by atoms with van der Waals surface area (Å²) in [5.74, 6) is 1.52. The number of methoxy groups -OCH3 is 1. The zero-order valence-corrected chi connectivity index (χ0v) is 10.9. The van der Waals surface area contributed by atoms with E-state index < -0.39 is 10.8 Å². The Hall–Kier alpha value is -0.690. The van der Waals surface area contributed by atoms with E-state index in [1.165, 1.54) is 7.11 Å². The van der Waals surface area contributed by atoms with Crippen LogP contribution in [0.2, 0.25) is 0 Å². The first-order valence-electron chi connectivity index (χ1n) is 4.24. The standard InChI is InChI=1S/C8H12BrN3O2S/c1-14-7-6(9)5-11-8(12-7)10-3-4-15(2)13/h5H,3-4H2,1-2H3,(H,10,11,12). The van der Waals surface area contributed by atoms with E-state index in [9.17, 15) is 4.21 Å². The molecule has 0 fully saturated rings. The molecule has 0 amide bonds. The topological polar surface area (TPSA) is 64.1 Å². The van der Waals surface area contributed by atoms with Crippen molar-refractivity contribution in [3.8, 4) is 5.88 Å². The number of rotatable bonds is 5. The molecule has 84 valence electrons. The van der Waals surface area contributed by atoms with Gasteiger partial charge in [0.15, 0.2) is 0 Å². The molecule has 0 bridgehead atoms. The number of halogens is 1. The average molecular weight is 294 g/mol. The number of aromatic nitrogens is 2. The Bertz CT molecular complexity index is 362. The van der Waals surface area contributed by atoms with Crippen LogP contribution >= 0.6 is 15.9 Å². The van der Waals surface area contributed by atoms with E-state index in [0.29, 0.717) is 28.6 Å². The molecule has 1 atom stereocenters. The van der Waals surface area contributed by atoms with Crippen LogP contribution in [0.3, 0.4) is 0 Å². The van der Waals surface area contributed by atoms with E-state index in [1.807, 2.05) is 0 Å². The number of anilines is 1. The van der Waals surface area contributed by atoms with Crippen molar-refractivity contribution in [1.82, 2.24) is 9.97 Å². The minimum Gasteiger partial charge on any atom is -0.480 e. The SMILES string of the molecule is COc1nc(NCCS(C)=O)ncc1Br. The highest BCUT2D eigenvalue weighted by Gasteiger charge is 2.04. The Labute approximate surface area is 99.2 Å². The molecule has 15 heavy (non-hydrogen) atoms. The first kappa shape index (κ1) is 12.4. The Morgan fingerprint density at radius 2 is 2.40 bits per heavy atom. The number of hydrogen-bond acceptors (Lipinski definition) is 5. The average Bonchev–Trinajstić information content (AvgIpc) is 2.20. The number of hydrogen-bond donors (Lipinski definition) is 1. The van der Waals surface area contributed by atoms with E-state index in [1.54, 1.807) is 12.5 Å². The van der Waals surface area contributed by atoms with E-state index in [2.05, 4.69) is 31.2 Å². The molecule has 1 N–H and O–H groups in total. The lowest BCUT2D eigenvalue weighted by Crippen LogP contribution is -2.12. The summed E-state index contributed by atoms with van der Waals surface area (Å²) in [4.78, 5) is 8.13. The highest BCUT2D eigenvalue weighted by atomic mass is 79.9. The maximum atomic E-state index is 10.8. The lowest BCUT2D eigenvalue weighted by molar-refractivity contribution is 0.394. The van der Waals surface area contributed by atoms with Crippen molar-refractivity contribution in [1.29, 1.82) is 0 Å². The van der Waals surface area contributed by atoms with Gasteiger partial charge in [-0.1, -0.05) is 0 Å². The zero-order chi connectivity index (χ0) is 11.3. The Morgan fingerprint density at radius 1 is 1.67 bits per heavy atom. The fourth-order valence-corrected chi connectivity index (χ4v) is 1.63. The molecule has 0 aliphatic rings. The molecule has 1 heterocycles. The van der Waals surface area contributed by atoms with Crippen LogP contribution in [-0.4, -0.2) is 39.8 Å². The Kier molecular flexibility index (Phi) is 4.97. The second-order valence-electron chi connectivity index (χ2n) is 2.75. The van der Waals surface area contributed by atoms with Gasteiger partial charge in [0.2, 0.25) is 11.8 Å². The molecule has 1 rings (SSSR count). The molecule has 7 heteroatoms. The summed E-state index contributed by atoms with van der Waals surface area (Å²) in [6.45, 7) is 0.577. The van der Waals surface area contributed by atoms with Gasteiger partial charge in [0.05, 0.1) is 17.8 Å². The number of nitrogens with one attached hydrogen (secondary N) is 1. The third-order valence-corrected chi connectivity index (χ3v) is 2.90. The van der Waals surface area contributed by atoms with E-state index in [0.717, 1.165) is 0 Å². The summed E-state index contributed by atoms with van der Waals surface area (Å²) < 4.78 is 16.5. The number of ether oxygens (including phenoxy) is 1. The minimum atomic E-state index is -0.809. The molecular formula is C8H12BrN3O2S. The maximum Gasteiger partial charge on any atom is 0.232 e. The summed E-state index contributed by atoms with van der Waals surface area (Å²) >= 11 is 3.26. The van der Waals surface area contributed by atoms with Crippen molar-refractivity contribution < 1.29 is 8.95 Å². The van der Waals surface area contributed by atoms with Crippen LogP contribution in [0.5, 0.6) is 5.88 Å². The third-order valence-electron chi connectivity index (χ3n) is 1.58. The molecule has 1 unspecified atom stereocenters. The monoisotopic (exact) mass is 293 g/mol. The minimum absolute atomic E-state index is 0.473. The molecule has 1 aromatic rings. The highest BCUT2D eigenvalue weighted by Crippen LogP contribution is 2.21. The van der Waals surface area contributed by atoms with Gasteiger partial charge in [-0.15, -0.1) is 0 Å². The van der Waals surface area contributed by atoms with Crippen molar-refractivity contribution in [2.24, 2.45) is 0 Å². The fraction of sp³-hybridized carbons (Fsp3) is 0.500. The quantitative estimate of drug-likeness (QED) is 0.879. The van der Waals surface area contributed by atoms with Gasteiger partial charge >= 0.3 is 0 Å². The molecule has 0 aromatic carbocycles. The molecule has 0 saturated carbocycles. The van der Waals surface area contributed by atoms with Crippen LogP contribution in [0, 0.1) is 0 Å². The van der Waals surface area contributed by atoms with E-state index in [-0.39, 0.29) is 0 Å². The van der Waals surface area contributed by atoms with Gasteiger partial charge in [0.25, 0.3) is 0 Å². The van der Waals surface area contributed by atoms with Crippen LogP contribution in [0.15, 0.2) is 10.7 Å². The predicted molar refractivity (Wildman–Crippen MR) is 63.7 cm³/mol. The zero-order valence-electron chi connectivity index (χ0n) is 8.49. The smallest absolute Gasteiger partial charge is 0.232 e. The Balaban J connectivity index is 2.58. The van der Waals surface area contributed by atoms with Gasteiger partial charge in [-0.3, -0.25) is 4.21 Å². The van der Waals surface area contributed by atoms with Gasteiger partial charge in [-0.25, -0.2) is 4.98 Å². The Morgan fingerprint density at radius 3 is 3.00 bits per heavy atom. The first-order valence-corrected chi connectivity index (χ1v) is 6.76. The van der Waals surface area contributed by atoms with E-state index in [4.69, 9.17) is 4.74 Å².